The Bertz CT molecular complexity index is 864. The third-order valence-electron chi connectivity index (χ3n) is 6.12. The van der Waals surface area contributed by atoms with E-state index in [0.717, 1.165) is 41.9 Å². The van der Waals surface area contributed by atoms with Crippen molar-refractivity contribution >= 4 is 0 Å². The summed E-state index contributed by atoms with van der Waals surface area (Å²) in [5.41, 5.74) is 5.06. The number of nitrogens with zero attached hydrogens (tertiary/aromatic N) is 1. The fraction of sp³-hybridized carbons (Fsp3) is 0.429. The minimum absolute atomic E-state index is 0.220. The van der Waals surface area contributed by atoms with E-state index in [0.29, 0.717) is 11.8 Å². The van der Waals surface area contributed by atoms with Crippen molar-refractivity contribution in [1.29, 1.82) is 0 Å². The van der Waals surface area contributed by atoms with Crippen molar-refractivity contribution in [2.24, 2.45) is 0 Å². The van der Waals surface area contributed by atoms with Crippen molar-refractivity contribution < 1.29 is 23.8 Å². The van der Waals surface area contributed by atoms with Crippen LogP contribution in [0.25, 0.3) is 0 Å². The second-order valence-electron chi connectivity index (χ2n) is 7.49. The molecule has 2 aromatic carbocycles. The van der Waals surface area contributed by atoms with Gasteiger partial charge in [-0.05, 0) is 29.3 Å². The van der Waals surface area contributed by atoms with Gasteiger partial charge in [0.25, 0.3) is 0 Å². The molecule has 5 heteroatoms. The summed E-state index contributed by atoms with van der Waals surface area (Å²) in [6, 6.07) is 8.36. The molecule has 0 aliphatic carbocycles. The lowest BCUT2D eigenvalue weighted by Gasteiger charge is -2.49. The van der Waals surface area contributed by atoms with Crippen LogP contribution >= 0.6 is 0 Å². The fourth-order valence-electron chi connectivity index (χ4n) is 4.67. The molecule has 26 heavy (non-hydrogen) atoms. The number of fused-ring (bicyclic) bond motifs is 4. The lowest BCUT2D eigenvalue weighted by molar-refractivity contribution is -0.956. The number of ether oxygens (including phenoxy) is 3. The molecule has 2 aliphatic heterocycles. The van der Waals surface area contributed by atoms with Gasteiger partial charge in [-0.3, -0.25) is 0 Å². The largest absolute Gasteiger partial charge is 0.504 e. The highest BCUT2D eigenvalue weighted by molar-refractivity contribution is 5.53. The van der Waals surface area contributed by atoms with Gasteiger partial charge in [-0.15, -0.1) is 0 Å². The summed E-state index contributed by atoms with van der Waals surface area (Å²) in [5.74, 6) is 2.42. The number of hydrogen-bond acceptors (Lipinski definition) is 4. The van der Waals surface area contributed by atoms with Crippen LogP contribution in [0.15, 0.2) is 24.3 Å². The third-order valence-corrected chi connectivity index (χ3v) is 6.12. The zero-order valence-electron chi connectivity index (χ0n) is 15.8. The molecule has 0 fully saturated rings. The van der Waals surface area contributed by atoms with E-state index in [1.807, 2.05) is 18.2 Å². The molecule has 2 atom stereocenters. The molecule has 0 saturated carbocycles. The standard InChI is InChI=1S/C21H25NO4/c1-22-8-7-14-10-20(25-3)18(23)11-15(14)17(22)9-13-5-6-19(24-2)21(26-4)16(13)12-22/h5-6,10-11,17H,7-9,12H2,1-4H3/p+1/t17-,22?/m0/s1. The second-order valence-corrected chi connectivity index (χ2v) is 7.49. The maximum Gasteiger partial charge on any atom is 0.169 e. The summed E-state index contributed by atoms with van der Waals surface area (Å²) in [7, 11) is 7.29. The molecule has 4 rings (SSSR count). The van der Waals surface area contributed by atoms with Crippen LogP contribution in [0.3, 0.4) is 0 Å². The molecule has 2 aromatic rings. The van der Waals surface area contributed by atoms with Gasteiger partial charge in [-0.2, -0.15) is 0 Å². The average Bonchev–Trinajstić information content (AvgIpc) is 2.65. The average molecular weight is 356 g/mol. The molecule has 0 saturated heterocycles. The van der Waals surface area contributed by atoms with E-state index < -0.39 is 0 Å². The van der Waals surface area contributed by atoms with Crippen molar-refractivity contribution in [3.05, 3.63) is 46.5 Å². The number of likely N-dealkylation sites (N-methyl/N-ethyl adjacent to an activating group) is 1. The first-order valence-corrected chi connectivity index (χ1v) is 8.97. The quantitative estimate of drug-likeness (QED) is 0.858. The number of benzene rings is 2. The Balaban J connectivity index is 1.82. The highest BCUT2D eigenvalue weighted by Crippen LogP contribution is 2.48. The first kappa shape index (κ1) is 17.0. The minimum Gasteiger partial charge on any atom is -0.504 e. The summed E-state index contributed by atoms with van der Waals surface area (Å²) >= 11 is 0. The molecule has 0 bridgehead atoms. The Kier molecular flexibility index (Phi) is 3.99. The van der Waals surface area contributed by atoms with Crippen LogP contribution in [0, 0.1) is 0 Å². The van der Waals surface area contributed by atoms with Crippen molar-refractivity contribution in [2.75, 3.05) is 34.9 Å². The predicted molar refractivity (Wildman–Crippen MR) is 99.1 cm³/mol. The number of methoxy groups -OCH3 is 3. The van der Waals surface area contributed by atoms with E-state index in [9.17, 15) is 5.11 Å². The number of rotatable bonds is 3. The van der Waals surface area contributed by atoms with Crippen LogP contribution in [-0.4, -0.2) is 44.5 Å². The van der Waals surface area contributed by atoms with Gasteiger partial charge < -0.3 is 23.8 Å². The predicted octanol–water partition coefficient (Wildman–Crippen LogP) is 3.22. The monoisotopic (exact) mass is 356 g/mol. The van der Waals surface area contributed by atoms with Gasteiger partial charge in [-0.1, -0.05) is 6.07 Å². The second kappa shape index (κ2) is 6.09. The highest BCUT2D eigenvalue weighted by Gasteiger charge is 2.44. The molecule has 0 aromatic heterocycles. The zero-order chi connectivity index (χ0) is 18.5. The molecule has 0 spiro atoms. The van der Waals surface area contributed by atoms with Crippen molar-refractivity contribution in [3.8, 4) is 23.0 Å². The summed E-state index contributed by atoms with van der Waals surface area (Å²) in [5, 5.41) is 10.3. The molecule has 0 amide bonds. The number of hydrogen-bond donors (Lipinski definition) is 1. The van der Waals surface area contributed by atoms with Crippen LogP contribution in [0.1, 0.15) is 28.3 Å². The first-order valence-electron chi connectivity index (χ1n) is 8.97. The SMILES string of the molecule is COc1cc2c(cc1O)[C@@H]1Cc3ccc(OC)c(OC)c3C[N+]1(C)CC2. The zero-order valence-corrected chi connectivity index (χ0v) is 15.8. The van der Waals surface area contributed by atoms with Crippen LogP contribution < -0.4 is 14.2 Å². The van der Waals surface area contributed by atoms with Crippen LogP contribution in [0.5, 0.6) is 23.0 Å². The third kappa shape index (κ3) is 2.42. The van der Waals surface area contributed by atoms with E-state index in [-0.39, 0.29) is 5.75 Å². The summed E-state index contributed by atoms with van der Waals surface area (Å²) in [6.07, 6.45) is 1.89. The molecular formula is C21H26NO4+. The van der Waals surface area contributed by atoms with Crippen molar-refractivity contribution in [1.82, 2.24) is 0 Å². The fourth-order valence-corrected chi connectivity index (χ4v) is 4.67. The lowest BCUT2D eigenvalue weighted by Crippen LogP contribution is -2.53. The molecule has 1 N–H and O–H groups in total. The molecule has 138 valence electrons. The molecule has 1 unspecified atom stereocenters. The van der Waals surface area contributed by atoms with Gasteiger partial charge in [0, 0.05) is 18.4 Å². The Morgan fingerprint density at radius 3 is 2.46 bits per heavy atom. The van der Waals surface area contributed by atoms with Gasteiger partial charge in [0.15, 0.2) is 23.0 Å². The van der Waals surface area contributed by atoms with E-state index in [1.165, 1.54) is 22.3 Å². The maximum atomic E-state index is 10.3. The van der Waals surface area contributed by atoms with E-state index in [4.69, 9.17) is 14.2 Å². The molecular weight excluding hydrogens is 330 g/mol. The minimum atomic E-state index is 0.220. The number of aromatic hydroxyl groups is 1. The topological polar surface area (TPSA) is 47.9 Å². The summed E-state index contributed by atoms with van der Waals surface area (Å²) in [4.78, 5) is 0. The van der Waals surface area contributed by atoms with Crippen molar-refractivity contribution in [3.63, 3.8) is 0 Å². The van der Waals surface area contributed by atoms with E-state index in [2.05, 4.69) is 13.1 Å². The molecule has 2 aliphatic rings. The van der Waals surface area contributed by atoms with Gasteiger partial charge in [0.2, 0.25) is 0 Å². The Hall–Kier alpha value is -2.40. The first-order chi connectivity index (χ1) is 12.5. The number of phenolic OH excluding ortho intramolecular Hbond substituents is 1. The summed E-state index contributed by atoms with van der Waals surface area (Å²) in [6.45, 7) is 1.94. The number of phenols is 1. The van der Waals surface area contributed by atoms with Crippen LogP contribution in [0.4, 0.5) is 0 Å². The Labute approximate surface area is 154 Å². The maximum absolute atomic E-state index is 10.3. The Morgan fingerprint density at radius 2 is 1.77 bits per heavy atom. The van der Waals surface area contributed by atoms with E-state index >= 15 is 0 Å². The van der Waals surface area contributed by atoms with Crippen molar-refractivity contribution in [2.45, 2.75) is 25.4 Å². The highest BCUT2D eigenvalue weighted by atomic mass is 16.5. The van der Waals surface area contributed by atoms with Gasteiger partial charge in [-0.25, -0.2) is 0 Å². The van der Waals surface area contributed by atoms with Gasteiger partial charge in [0.05, 0.1) is 40.5 Å². The Morgan fingerprint density at radius 1 is 1.00 bits per heavy atom. The summed E-state index contributed by atoms with van der Waals surface area (Å²) < 4.78 is 17.4. The van der Waals surface area contributed by atoms with Gasteiger partial charge >= 0.3 is 0 Å². The lowest BCUT2D eigenvalue weighted by atomic mass is 9.81. The van der Waals surface area contributed by atoms with Crippen LogP contribution in [0.2, 0.25) is 0 Å². The van der Waals surface area contributed by atoms with Crippen LogP contribution in [-0.2, 0) is 19.4 Å². The molecule has 2 heterocycles. The normalized spacial score (nSPS) is 23.5. The smallest absolute Gasteiger partial charge is 0.169 e. The number of quaternary nitrogens is 1. The molecule has 5 nitrogen and oxygen atoms in total. The van der Waals surface area contributed by atoms with E-state index in [1.54, 1.807) is 21.3 Å². The molecule has 0 radical (unpaired) electrons. The van der Waals surface area contributed by atoms with Gasteiger partial charge in [0.1, 0.15) is 12.6 Å².